The Morgan fingerprint density at radius 3 is 2.41 bits per heavy atom. The summed E-state index contributed by atoms with van der Waals surface area (Å²) in [6.45, 7) is 4.97. The molecular weight excluding hydrogens is 312 g/mol. The molecule has 1 aromatic rings. The zero-order chi connectivity index (χ0) is 16.5. The second kappa shape index (κ2) is 5.96. The molecule has 0 aliphatic carbocycles. The maximum absolute atomic E-state index is 12.2. The van der Waals surface area contributed by atoms with Crippen LogP contribution in [0.3, 0.4) is 0 Å². The minimum Gasteiger partial charge on any atom is -0.479 e. The maximum atomic E-state index is 12.2. The first-order valence-corrected chi connectivity index (χ1v) is 8.06. The molecule has 1 fully saturated rings. The van der Waals surface area contributed by atoms with E-state index in [9.17, 15) is 18.3 Å². The SMILES string of the molecule is Cc1ccc(S(=O)(=O)O[C@H](C(=O)O)C2COC(C)(C)O2)cc1. The van der Waals surface area contributed by atoms with Crippen molar-refractivity contribution in [1.82, 2.24) is 0 Å². The van der Waals surface area contributed by atoms with Crippen LogP contribution in [0, 0.1) is 6.92 Å². The van der Waals surface area contributed by atoms with Gasteiger partial charge in [-0.3, -0.25) is 0 Å². The highest BCUT2D eigenvalue weighted by Crippen LogP contribution is 2.27. The number of benzene rings is 1. The molecule has 122 valence electrons. The molecule has 0 spiro atoms. The van der Waals surface area contributed by atoms with Gasteiger partial charge in [-0.25, -0.2) is 8.98 Å². The van der Waals surface area contributed by atoms with E-state index in [0.717, 1.165) is 5.56 Å². The number of rotatable bonds is 5. The van der Waals surface area contributed by atoms with E-state index in [0.29, 0.717) is 0 Å². The number of hydrogen-bond donors (Lipinski definition) is 1. The Bertz CT molecular complexity index is 648. The number of carbonyl (C=O) groups is 1. The van der Waals surface area contributed by atoms with Crippen LogP contribution in [0.2, 0.25) is 0 Å². The van der Waals surface area contributed by atoms with E-state index in [1.165, 1.54) is 12.1 Å². The van der Waals surface area contributed by atoms with Crippen LogP contribution in [0.25, 0.3) is 0 Å². The predicted octanol–water partition coefficient (Wildman–Crippen LogP) is 1.31. The fraction of sp³-hybridized carbons (Fsp3) is 0.500. The first kappa shape index (κ1) is 16.9. The lowest BCUT2D eigenvalue weighted by Gasteiger charge is -2.21. The van der Waals surface area contributed by atoms with Crippen LogP contribution in [-0.2, 0) is 28.6 Å². The van der Waals surface area contributed by atoms with Crippen LogP contribution in [0.4, 0.5) is 0 Å². The van der Waals surface area contributed by atoms with Crippen LogP contribution in [-0.4, -0.2) is 44.1 Å². The number of aryl methyl sites for hydroxylation is 1. The number of carboxylic acid groups (broad SMARTS) is 1. The number of ether oxygens (including phenoxy) is 2. The van der Waals surface area contributed by atoms with Crippen molar-refractivity contribution in [3.8, 4) is 0 Å². The average molecular weight is 330 g/mol. The molecule has 1 aliphatic heterocycles. The second-order valence-corrected chi connectivity index (χ2v) is 7.06. The van der Waals surface area contributed by atoms with Gasteiger partial charge in [0.1, 0.15) is 6.10 Å². The fourth-order valence-corrected chi connectivity index (χ4v) is 3.08. The van der Waals surface area contributed by atoms with Gasteiger partial charge in [0.15, 0.2) is 5.79 Å². The number of carboxylic acids is 1. The monoisotopic (exact) mass is 330 g/mol. The number of aliphatic carboxylic acids is 1. The number of hydrogen-bond acceptors (Lipinski definition) is 6. The van der Waals surface area contributed by atoms with Crippen molar-refractivity contribution < 1.29 is 32.0 Å². The summed E-state index contributed by atoms with van der Waals surface area (Å²) >= 11 is 0. The molecule has 7 nitrogen and oxygen atoms in total. The largest absolute Gasteiger partial charge is 0.479 e. The van der Waals surface area contributed by atoms with Gasteiger partial charge < -0.3 is 14.6 Å². The van der Waals surface area contributed by atoms with E-state index >= 15 is 0 Å². The molecule has 0 saturated carbocycles. The topological polar surface area (TPSA) is 99.1 Å². The van der Waals surface area contributed by atoms with E-state index in [2.05, 4.69) is 0 Å². The van der Waals surface area contributed by atoms with Gasteiger partial charge >= 0.3 is 5.97 Å². The fourth-order valence-electron chi connectivity index (χ4n) is 2.02. The van der Waals surface area contributed by atoms with Gasteiger partial charge in [-0.1, -0.05) is 17.7 Å². The van der Waals surface area contributed by atoms with Crippen LogP contribution < -0.4 is 0 Å². The highest BCUT2D eigenvalue weighted by atomic mass is 32.2. The van der Waals surface area contributed by atoms with Crippen LogP contribution in [0.1, 0.15) is 19.4 Å². The summed E-state index contributed by atoms with van der Waals surface area (Å²) in [5.74, 6) is -2.41. The van der Waals surface area contributed by atoms with E-state index < -0.39 is 34.1 Å². The third kappa shape index (κ3) is 3.83. The van der Waals surface area contributed by atoms with Gasteiger partial charge in [0.05, 0.1) is 11.5 Å². The lowest BCUT2D eigenvalue weighted by Crippen LogP contribution is -2.40. The molecule has 1 aromatic carbocycles. The van der Waals surface area contributed by atoms with Crippen molar-refractivity contribution in [3.05, 3.63) is 29.8 Å². The van der Waals surface area contributed by atoms with Gasteiger partial charge in [0.2, 0.25) is 6.10 Å². The molecular formula is C14H18O7S. The third-order valence-corrected chi connectivity index (χ3v) is 4.46. The molecule has 0 bridgehead atoms. The molecule has 1 saturated heterocycles. The Morgan fingerprint density at radius 1 is 1.36 bits per heavy atom. The highest BCUT2D eigenvalue weighted by Gasteiger charge is 2.43. The van der Waals surface area contributed by atoms with Gasteiger partial charge in [0, 0.05) is 0 Å². The third-order valence-electron chi connectivity index (χ3n) is 3.15. The van der Waals surface area contributed by atoms with Crippen molar-refractivity contribution in [1.29, 1.82) is 0 Å². The molecule has 0 radical (unpaired) electrons. The Morgan fingerprint density at radius 2 is 1.95 bits per heavy atom. The van der Waals surface area contributed by atoms with Gasteiger partial charge in [0.25, 0.3) is 10.1 Å². The van der Waals surface area contributed by atoms with E-state index in [1.54, 1.807) is 26.0 Å². The molecule has 22 heavy (non-hydrogen) atoms. The van der Waals surface area contributed by atoms with Gasteiger partial charge in [-0.05, 0) is 32.9 Å². The van der Waals surface area contributed by atoms with Crippen molar-refractivity contribution in [2.24, 2.45) is 0 Å². The quantitative estimate of drug-likeness (QED) is 0.812. The summed E-state index contributed by atoms with van der Waals surface area (Å²) in [5, 5.41) is 9.23. The summed E-state index contributed by atoms with van der Waals surface area (Å²) in [7, 11) is -4.21. The molecule has 1 unspecified atom stereocenters. The molecule has 0 aromatic heterocycles. The minimum atomic E-state index is -4.21. The van der Waals surface area contributed by atoms with Crippen molar-refractivity contribution in [3.63, 3.8) is 0 Å². The van der Waals surface area contributed by atoms with Crippen LogP contribution >= 0.6 is 0 Å². The first-order valence-electron chi connectivity index (χ1n) is 6.65. The van der Waals surface area contributed by atoms with Gasteiger partial charge in [-0.15, -0.1) is 0 Å². The minimum absolute atomic E-state index is 0.0621. The highest BCUT2D eigenvalue weighted by molar-refractivity contribution is 7.86. The van der Waals surface area contributed by atoms with Crippen molar-refractivity contribution in [2.45, 2.75) is 43.7 Å². The zero-order valence-electron chi connectivity index (χ0n) is 12.5. The summed E-state index contributed by atoms with van der Waals surface area (Å²) in [6.07, 6.45) is -2.68. The lowest BCUT2D eigenvalue weighted by atomic mass is 10.2. The Kier molecular flexibility index (Phi) is 4.57. The maximum Gasteiger partial charge on any atom is 0.337 e. The zero-order valence-corrected chi connectivity index (χ0v) is 13.3. The van der Waals surface area contributed by atoms with Crippen molar-refractivity contribution in [2.75, 3.05) is 6.61 Å². The van der Waals surface area contributed by atoms with Crippen molar-refractivity contribution >= 4 is 16.1 Å². The normalized spacial score (nSPS) is 22.4. The van der Waals surface area contributed by atoms with E-state index in [-0.39, 0.29) is 11.5 Å². The molecule has 8 heteroatoms. The molecule has 1 aliphatic rings. The Balaban J connectivity index is 2.21. The predicted molar refractivity (Wildman–Crippen MR) is 75.8 cm³/mol. The first-order chi connectivity index (χ1) is 10.1. The second-order valence-electron chi connectivity index (χ2n) is 5.49. The van der Waals surface area contributed by atoms with Crippen LogP contribution in [0.15, 0.2) is 29.2 Å². The van der Waals surface area contributed by atoms with E-state index in [1.807, 2.05) is 6.92 Å². The molecule has 1 heterocycles. The average Bonchev–Trinajstić information content (AvgIpc) is 2.76. The summed E-state index contributed by atoms with van der Waals surface area (Å²) < 4.78 is 39.9. The molecule has 2 rings (SSSR count). The molecule has 2 atom stereocenters. The summed E-state index contributed by atoms with van der Waals surface area (Å²) in [6, 6.07) is 5.92. The summed E-state index contributed by atoms with van der Waals surface area (Å²) in [5.41, 5.74) is 0.878. The molecule has 1 N–H and O–H groups in total. The Labute approximate surface area is 128 Å². The smallest absolute Gasteiger partial charge is 0.337 e. The summed E-state index contributed by atoms with van der Waals surface area (Å²) in [4.78, 5) is 11.2. The van der Waals surface area contributed by atoms with Gasteiger partial charge in [-0.2, -0.15) is 8.42 Å². The standard InChI is InChI=1S/C14H18O7S/c1-9-4-6-10(7-5-9)22(17,18)21-12(13(15)16)11-8-19-14(2,3)20-11/h4-7,11-12H,8H2,1-3H3,(H,15,16)/t11?,12-/m0/s1. The van der Waals surface area contributed by atoms with E-state index in [4.69, 9.17) is 13.7 Å². The van der Waals surface area contributed by atoms with Crippen LogP contribution in [0.5, 0.6) is 0 Å². The Hall–Kier alpha value is -1.48. The lowest BCUT2D eigenvalue weighted by molar-refractivity contribution is -0.165. The molecule has 0 amide bonds.